The van der Waals surface area contributed by atoms with Crippen molar-refractivity contribution < 1.29 is 17.6 Å². The zero-order valence-corrected chi connectivity index (χ0v) is 8.70. The third kappa shape index (κ3) is 1.82. The van der Waals surface area contributed by atoms with Gasteiger partial charge in [-0.25, -0.2) is 17.6 Å². The van der Waals surface area contributed by atoms with Crippen LogP contribution >= 0.6 is 11.3 Å². The van der Waals surface area contributed by atoms with Crippen molar-refractivity contribution in [3.05, 3.63) is 46.2 Å². The third-order valence-corrected chi connectivity index (χ3v) is 2.92. The van der Waals surface area contributed by atoms with E-state index in [1.54, 1.807) is 0 Å². The van der Waals surface area contributed by atoms with Crippen molar-refractivity contribution in [3.8, 4) is 11.1 Å². The average Bonchev–Trinajstić information content (AvgIpc) is 2.66. The Kier molecular flexibility index (Phi) is 2.96. The molecule has 0 aliphatic heterocycles. The quantitative estimate of drug-likeness (QED) is 0.677. The zero-order valence-electron chi connectivity index (χ0n) is 7.88. The summed E-state index contributed by atoms with van der Waals surface area (Å²) in [6.45, 7) is 0. The normalized spacial score (nSPS) is 11.1. The minimum absolute atomic E-state index is 0.0735. The molecule has 0 saturated heterocycles. The lowest BCUT2D eigenvalue weighted by molar-refractivity contribution is 0.152. The lowest BCUT2D eigenvalue weighted by atomic mass is 10.0. The molecule has 16 heavy (non-hydrogen) atoms. The molecule has 0 aliphatic carbocycles. The maximum Gasteiger partial charge on any atom is 0.265 e. The van der Waals surface area contributed by atoms with Gasteiger partial charge in [-0.05, 0) is 17.5 Å². The summed E-state index contributed by atoms with van der Waals surface area (Å²) in [5, 5.41) is 2.52. The monoisotopic (exact) mass is 246 g/mol. The molecule has 0 bridgehead atoms. The molecule has 0 fully saturated rings. The van der Waals surface area contributed by atoms with Crippen LogP contribution in [0.25, 0.3) is 11.1 Å². The standard InChI is InChI=1S/C11H6F4S/c12-8-2-1-3-9(13)10(8)6-4-16-5-7(6)11(14)15/h1-5,11H. The first-order valence-corrected chi connectivity index (χ1v) is 5.34. The van der Waals surface area contributed by atoms with E-state index in [2.05, 4.69) is 0 Å². The molecule has 0 saturated carbocycles. The van der Waals surface area contributed by atoms with Gasteiger partial charge in [0.15, 0.2) is 0 Å². The Labute approximate surface area is 93.2 Å². The maximum absolute atomic E-state index is 13.4. The molecule has 0 spiro atoms. The highest BCUT2D eigenvalue weighted by molar-refractivity contribution is 7.08. The second kappa shape index (κ2) is 4.25. The van der Waals surface area contributed by atoms with Gasteiger partial charge in [0.1, 0.15) is 11.6 Å². The van der Waals surface area contributed by atoms with E-state index in [4.69, 9.17) is 0 Å². The number of benzene rings is 1. The molecule has 1 heterocycles. The fraction of sp³-hybridized carbons (Fsp3) is 0.0909. The van der Waals surface area contributed by atoms with Crippen molar-refractivity contribution in [1.82, 2.24) is 0 Å². The molecule has 2 aromatic rings. The Morgan fingerprint density at radius 1 is 1.00 bits per heavy atom. The summed E-state index contributed by atoms with van der Waals surface area (Å²) in [6.07, 6.45) is -2.74. The van der Waals surface area contributed by atoms with Gasteiger partial charge in [-0.2, -0.15) is 11.3 Å². The predicted octanol–water partition coefficient (Wildman–Crippen LogP) is 4.63. The first-order chi connectivity index (χ1) is 7.61. The summed E-state index contributed by atoms with van der Waals surface area (Å²) in [5.74, 6) is -1.67. The molecule has 1 aromatic carbocycles. The Hall–Kier alpha value is -1.36. The first-order valence-electron chi connectivity index (χ1n) is 4.40. The molecule has 2 rings (SSSR count). The number of alkyl halides is 2. The topological polar surface area (TPSA) is 0 Å². The van der Waals surface area contributed by atoms with Crippen molar-refractivity contribution in [1.29, 1.82) is 0 Å². The van der Waals surface area contributed by atoms with E-state index in [-0.39, 0.29) is 16.7 Å². The summed E-state index contributed by atoms with van der Waals surface area (Å²) in [7, 11) is 0. The Morgan fingerprint density at radius 2 is 1.62 bits per heavy atom. The second-order valence-electron chi connectivity index (χ2n) is 3.14. The molecule has 0 atom stereocenters. The van der Waals surface area contributed by atoms with E-state index >= 15 is 0 Å². The van der Waals surface area contributed by atoms with E-state index in [9.17, 15) is 17.6 Å². The van der Waals surface area contributed by atoms with Crippen LogP contribution in [0.3, 0.4) is 0 Å². The van der Waals surface area contributed by atoms with Crippen molar-refractivity contribution >= 4 is 11.3 Å². The van der Waals surface area contributed by atoms with Crippen LogP contribution in [0.1, 0.15) is 12.0 Å². The van der Waals surface area contributed by atoms with Crippen LogP contribution in [-0.4, -0.2) is 0 Å². The van der Waals surface area contributed by atoms with E-state index in [0.717, 1.165) is 23.5 Å². The van der Waals surface area contributed by atoms with E-state index < -0.39 is 18.1 Å². The van der Waals surface area contributed by atoms with Crippen molar-refractivity contribution in [3.63, 3.8) is 0 Å². The fourth-order valence-electron chi connectivity index (χ4n) is 1.43. The molecular weight excluding hydrogens is 240 g/mol. The Bertz CT molecular complexity index is 484. The van der Waals surface area contributed by atoms with Crippen molar-refractivity contribution in [2.75, 3.05) is 0 Å². The van der Waals surface area contributed by atoms with Crippen molar-refractivity contribution in [2.24, 2.45) is 0 Å². The molecular formula is C11H6F4S. The SMILES string of the molecule is Fc1cccc(F)c1-c1cscc1C(F)F. The van der Waals surface area contributed by atoms with Gasteiger partial charge in [0.25, 0.3) is 6.43 Å². The number of hydrogen-bond donors (Lipinski definition) is 0. The summed E-state index contributed by atoms with van der Waals surface area (Å²) in [6, 6.07) is 3.29. The largest absolute Gasteiger partial charge is 0.265 e. The predicted molar refractivity (Wildman–Crippen MR) is 54.6 cm³/mol. The second-order valence-corrected chi connectivity index (χ2v) is 3.88. The lowest BCUT2D eigenvalue weighted by Crippen LogP contribution is -1.92. The van der Waals surface area contributed by atoms with Crippen LogP contribution in [0.4, 0.5) is 17.6 Å². The van der Waals surface area contributed by atoms with Gasteiger partial charge in [-0.15, -0.1) is 0 Å². The van der Waals surface area contributed by atoms with Crippen LogP contribution in [0.5, 0.6) is 0 Å². The van der Waals surface area contributed by atoms with Crippen LogP contribution in [0.2, 0.25) is 0 Å². The molecule has 0 amide bonds. The van der Waals surface area contributed by atoms with Crippen LogP contribution < -0.4 is 0 Å². The smallest absolute Gasteiger partial charge is 0.206 e. The molecule has 0 unspecified atom stereocenters. The fourth-order valence-corrected chi connectivity index (χ4v) is 2.27. The summed E-state index contributed by atoms with van der Waals surface area (Å²) in [5.41, 5.74) is -0.802. The molecule has 0 radical (unpaired) electrons. The molecule has 1 aromatic heterocycles. The van der Waals surface area contributed by atoms with Gasteiger partial charge < -0.3 is 0 Å². The Morgan fingerprint density at radius 3 is 2.19 bits per heavy atom. The van der Waals surface area contributed by atoms with Gasteiger partial charge in [0.2, 0.25) is 0 Å². The highest BCUT2D eigenvalue weighted by atomic mass is 32.1. The maximum atomic E-state index is 13.4. The number of rotatable bonds is 2. The highest BCUT2D eigenvalue weighted by Crippen LogP contribution is 2.36. The Balaban J connectivity index is 2.63. The molecule has 84 valence electrons. The first kappa shape index (κ1) is 11.1. The summed E-state index contributed by atoms with van der Waals surface area (Å²) < 4.78 is 51.9. The summed E-state index contributed by atoms with van der Waals surface area (Å²) >= 11 is 0.993. The molecule has 0 nitrogen and oxygen atoms in total. The number of halogens is 4. The summed E-state index contributed by atoms with van der Waals surface area (Å²) in [4.78, 5) is 0. The molecule has 5 heteroatoms. The van der Waals surface area contributed by atoms with Crippen LogP contribution in [0.15, 0.2) is 29.0 Å². The van der Waals surface area contributed by atoms with E-state index in [1.165, 1.54) is 16.8 Å². The van der Waals surface area contributed by atoms with E-state index in [0.29, 0.717) is 0 Å². The third-order valence-electron chi connectivity index (χ3n) is 2.16. The van der Waals surface area contributed by atoms with Gasteiger partial charge in [0.05, 0.1) is 5.56 Å². The van der Waals surface area contributed by atoms with Crippen molar-refractivity contribution in [2.45, 2.75) is 6.43 Å². The van der Waals surface area contributed by atoms with Gasteiger partial charge in [-0.1, -0.05) is 6.07 Å². The highest BCUT2D eigenvalue weighted by Gasteiger charge is 2.20. The number of thiophene rings is 1. The molecule has 0 N–H and O–H groups in total. The zero-order chi connectivity index (χ0) is 11.7. The minimum atomic E-state index is -2.74. The van der Waals surface area contributed by atoms with Crippen LogP contribution in [-0.2, 0) is 0 Å². The number of hydrogen-bond acceptors (Lipinski definition) is 1. The minimum Gasteiger partial charge on any atom is -0.206 e. The lowest BCUT2D eigenvalue weighted by Gasteiger charge is -2.05. The van der Waals surface area contributed by atoms with Gasteiger partial charge >= 0.3 is 0 Å². The van der Waals surface area contributed by atoms with E-state index in [1.807, 2.05) is 0 Å². The van der Waals surface area contributed by atoms with Gasteiger partial charge in [0, 0.05) is 16.5 Å². The molecule has 0 aliphatic rings. The van der Waals surface area contributed by atoms with Crippen LogP contribution in [0, 0.1) is 11.6 Å². The van der Waals surface area contributed by atoms with Gasteiger partial charge in [-0.3, -0.25) is 0 Å². The average molecular weight is 246 g/mol.